The molecule has 2 unspecified atom stereocenters. The number of hydrogen-bond donors (Lipinski definition) is 2. The molecule has 1 heterocycles. The van der Waals surface area contributed by atoms with Crippen LogP contribution in [0, 0.1) is 5.41 Å². The van der Waals surface area contributed by atoms with Gasteiger partial charge in [0.05, 0.1) is 10.9 Å². The van der Waals surface area contributed by atoms with Crippen LogP contribution in [0.25, 0.3) is 11.0 Å². The molecule has 20 heavy (non-hydrogen) atoms. The molecule has 0 radical (unpaired) electrons. The van der Waals surface area contributed by atoms with Gasteiger partial charge in [0.2, 0.25) is 5.95 Å². The fourth-order valence-electron chi connectivity index (χ4n) is 2.75. The Kier molecular flexibility index (Phi) is 3.00. The van der Waals surface area contributed by atoms with Crippen molar-refractivity contribution in [3.63, 3.8) is 0 Å². The molecule has 0 saturated heterocycles. The molecule has 6 heteroatoms. The van der Waals surface area contributed by atoms with Gasteiger partial charge in [0.1, 0.15) is 5.52 Å². The molecule has 1 aromatic heterocycles. The Morgan fingerprint density at radius 3 is 2.85 bits per heavy atom. The standard InChI is InChI=1S/C14H16N4O2/c1-14(12(19)20)8-4-7-11(14)16-13-15-9-5-2-3-6-10(9)17-18-13/h2-3,5-6,11H,4,7-8H2,1H3,(H,19,20)(H,15,16,18). The number of anilines is 1. The lowest BCUT2D eigenvalue weighted by atomic mass is 9.85. The number of aliphatic carboxylic acids is 1. The Bertz CT molecular complexity index is 660. The summed E-state index contributed by atoms with van der Waals surface area (Å²) in [5.74, 6) is -0.385. The average molecular weight is 272 g/mol. The van der Waals surface area contributed by atoms with Crippen molar-refractivity contribution >= 4 is 23.0 Å². The van der Waals surface area contributed by atoms with Crippen LogP contribution in [0.1, 0.15) is 26.2 Å². The number of benzene rings is 1. The molecule has 1 aliphatic rings. The van der Waals surface area contributed by atoms with Crippen LogP contribution in [0.2, 0.25) is 0 Å². The summed E-state index contributed by atoms with van der Waals surface area (Å²) in [4.78, 5) is 15.8. The summed E-state index contributed by atoms with van der Waals surface area (Å²) in [6, 6.07) is 7.31. The number of nitrogens with one attached hydrogen (secondary N) is 1. The molecule has 6 nitrogen and oxygen atoms in total. The molecule has 2 atom stereocenters. The number of aromatic nitrogens is 3. The normalized spacial score (nSPS) is 25.8. The maximum absolute atomic E-state index is 11.4. The largest absolute Gasteiger partial charge is 0.481 e. The van der Waals surface area contributed by atoms with E-state index < -0.39 is 11.4 Å². The monoisotopic (exact) mass is 272 g/mol. The number of para-hydroxylation sites is 1. The number of fused-ring (bicyclic) bond motifs is 1. The third-order valence-electron chi connectivity index (χ3n) is 4.11. The van der Waals surface area contributed by atoms with Gasteiger partial charge in [-0.25, -0.2) is 4.98 Å². The quantitative estimate of drug-likeness (QED) is 0.889. The van der Waals surface area contributed by atoms with Crippen LogP contribution in [0.3, 0.4) is 0 Å². The Labute approximate surface area is 116 Å². The highest BCUT2D eigenvalue weighted by molar-refractivity contribution is 5.77. The van der Waals surface area contributed by atoms with Crippen molar-refractivity contribution in [1.29, 1.82) is 0 Å². The molecule has 0 spiro atoms. The molecule has 3 rings (SSSR count). The first kappa shape index (κ1) is 12.8. The van der Waals surface area contributed by atoms with Gasteiger partial charge in [0.25, 0.3) is 0 Å². The number of rotatable bonds is 3. The lowest BCUT2D eigenvalue weighted by Crippen LogP contribution is -2.40. The molecular weight excluding hydrogens is 256 g/mol. The molecule has 1 aromatic carbocycles. The van der Waals surface area contributed by atoms with E-state index in [2.05, 4.69) is 20.5 Å². The summed E-state index contributed by atoms with van der Waals surface area (Å²) in [6.45, 7) is 1.77. The lowest BCUT2D eigenvalue weighted by Gasteiger charge is -2.27. The van der Waals surface area contributed by atoms with Crippen LogP contribution < -0.4 is 5.32 Å². The van der Waals surface area contributed by atoms with E-state index >= 15 is 0 Å². The number of carboxylic acid groups (broad SMARTS) is 1. The van der Waals surface area contributed by atoms with E-state index in [0.29, 0.717) is 12.4 Å². The molecule has 104 valence electrons. The first-order valence-corrected chi connectivity index (χ1v) is 6.69. The van der Waals surface area contributed by atoms with Gasteiger partial charge in [0.15, 0.2) is 0 Å². The van der Waals surface area contributed by atoms with E-state index in [1.807, 2.05) is 24.3 Å². The molecule has 2 aromatic rings. The van der Waals surface area contributed by atoms with E-state index in [4.69, 9.17) is 0 Å². The van der Waals surface area contributed by atoms with Gasteiger partial charge in [-0.3, -0.25) is 4.79 Å². The van der Waals surface area contributed by atoms with Crippen molar-refractivity contribution < 1.29 is 9.90 Å². The average Bonchev–Trinajstić information content (AvgIpc) is 2.81. The highest BCUT2D eigenvalue weighted by atomic mass is 16.4. The van der Waals surface area contributed by atoms with Crippen molar-refractivity contribution in [2.24, 2.45) is 5.41 Å². The van der Waals surface area contributed by atoms with Crippen LogP contribution in [-0.2, 0) is 4.79 Å². The number of carbonyl (C=O) groups is 1. The predicted molar refractivity (Wildman–Crippen MR) is 74.3 cm³/mol. The van der Waals surface area contributed by atoms with Crippen LogP contribution in [0.5, 0.6) is 0 Å². The van der Waals surface area contributed by atoms with Gasteiger partial charge in [-0.1, -0.05) is 18.6 Å². The first-order chi connectivity index (χ1) is 9.59. The van der Waals surface area contributed by atoms with Gasteiger partial charge < -0.3 is 10.4 Å². The first-order valence-electron chi connectivity index (χ1n) is 6.69. The highest BCUT2D eigenvalue weighted by Gasteiger charge is 2.45. The van der Waals surface area contributed by atoms with Crippen molar-refractivity contribution in [1.82, 2.24) is 15.2 Å². The fourth-order valence-corrected chi connectivity index (χ4v) is 2.75. The Morgan fingerprint density at radius 1 is 1.35 bits per heavy atom. The van der Waals surface area contributed by atoms with Crippen molar-refractivity contribution in [3.8, 4) is 0 Å². The van der Waals surface area contributed by atoms with Crippen molar-refractivity contribution in [3.05, 3.63) is 24.3 Å². The third-order valence-corrected chi connectivity index (χ3v) is 4.11. The van der Waals surface area contributed by atoms with Crippen LogP contribution in [-0.4, -0.2) is 32.3 Å². The number of nitrogens with zero attached hydrogens (tertiary/aromatic N) is 3. The zero-order valence-electron chi connectivity index (χ0n) is 11.2. The minimum absolute atomic E-state index is 0.164. The second-order valence-electron chi connectivity index (χ2n) is 5.44. The van der Waals surface area contributed by atoms with Crippen LogP contribution in [0.4, 0.5) is 5.95 Å². The maximum Gasteiger partial charge on any atom is 0.311 e. The molecule has 1 fully saturated rings. The van der Waals surface area contributed by atoms with Crippen LogP contribution in [0.15, 0.2) is 24.3 Å². The summed E-state index contributed by atoms with van der Waals surface area (Å²) in [5, 5.41) is 20.7. The second kappa shape index (κ2) is 4.70. The van der Waals surface area contributed by atoms with E-state index in [9.17, 15) is 9.90 Å². The lowest BCUT2D eigenvalue weighted by molar-refractivity contribution is -0.147. The Morgan fingerprint density at radius 2 is 2.10 bits per heavy atom. The molecule has 1 aliphatic carbocycles. The minimum Gasteiger partial charge on any atom is -0.481 e. The highest BCUT2D eigenvalue weighted by Crippen LogP contribution is 2.39. The summed E-state index contributed by atoms with van der Waals surface area (Å²) in [7, 11) is 0. The fraction of sp³-hybridized carbons (Fsp3) is 0.429. The summed E-state index contributed by atoms with van der Waals surface area (Å²) in [5.41, 5.74) is 0.708. The molecule has 0 bridgehead atoms. The molecule has 2 N–H and O–H groups in total. The summed E-state index contributed by atoms with van der Waals surface area (Å²) < 4.78 is 0. The third kappa shape index (κ3) is 2.07. The van der Waals surface area contributed by atoms with Gasteiger partial charge in [-0.2, -0.15) is 0 Å². The number of carboxylic acids is 1. The van der Waals surface area contributed by atoms with Gasteiger partial charge in [-0.05, 0) is 31.9 Å². The summed E-state index contributed by atoms with van der Waals surface area (Å²) >= 11 is 0. The van der Waals surface area contributed by atoms with E-state index in [1.54, 1.807) is 6.92 Å². The van der Waals surface area contributed by atoms with Crippen molar-refractivity contribution in [2.45, 2.75) is 32.2 Å². The molecule has 1 saturated carbocycles. The summed E-state index contributed by atoms with van der Waals surface area (Å²) in [6.07, 6.45) is 2.36. The van der Waals surface area contributed by atoms with E-state index in [-0.39, 0.29) is 6.04 Å². The Balaban J connectivity index is 1.87. The van der Waals surface area contributed by atoms with Gasteiger partial charge in [0, 0.05) is 6.04 Å². The smallest absolute Gasteiger partial charge is 0.311 e. The zero-order chi connectivity index (χ0) is 14.2. The van der Waals surface area contributed by atoms with Gasteiger partial charge in [-0.15, -0.1) is 10.2 Å². The minimum atomic E-state index is -0.777. The molecule has 0 amide bonds. The maximum atomic E-state index is 11.4. The van der Waals surface area contributed by atoms with Gasteiger partial charge >= 0.3 is 5.97 Å². The van der Waals surface area contributed by atoms with E-state index in [1.165, 1.54) is 0 Å². The van der Waals surface area contributed by atoms with E-state index in [0.717, 1.165) is 23.9 Å². The molecule has 0 aliphatic heterocycles. The Hall–Kier alpha value is -2.24. The predicted octanol–water partition coefficient (Wildman–Crippen LogP) is 2.08. The van der Waals surface area contributed by atoms with Crippen LogP contribution >= 0.6 is 0 Å². The second-order valence-corrected chi connectivity index (χ2v) is 5.44. The number of hydrogen-bond acceptors (Lipinski definition) is 5. The zero-order valence-corrected chi connectivity index (χ0v) is 11.2. The topological polar surface area (TPSA) is 88.0 Å². The SMILES string of the molecule is CC1(C(=O)O)CCCC1Nc1nnc2ccccc2n1. The van der Waals surface area contributed by atoms with Crippen molar-refractivity contribution in [2.75, 3.05) is 5.32 Å². The molecular formula is C14H16N4O2.